The number of benzene rings is 1. The van der Waals surface area contributed by atoms with Gasteiger partial charge in [0.25, 0.3) is 11.6 Å². The van der Waals surface area contributed by atoms with Crippen LogP contribution in [-0.2, 0) is 10.8 Å². The summed E-state index contributed by atoms with van der Waals surface area (Å²) in [4.78, 5) is 22.1. The molecule has 0 aliphatic heterocycles. The summed E-state index contributed by atoms with van der Waals surface area (Å²) in [6.45, 7) is 1.78. The minimum Gasteiger partial charge on any atom is -0.386 e. The number of carbonyl (C=O) groups excluding carboxylic acids is 1. The van der Waals surface area contributed by atoms with Crippen LogP contribution in [0.5, 0.6) is 0 Å². The number of hydrogen-bond donors (Lipinski definition) is 2. The first-order chi connectivity index (χ1) is 9.77. The zero-order chi connectivity index (χ0) is 16.2. The second-order valence-corrected chi connectivity index (χ2v) is 6.18. The molecule has 1 amide bonds. The highest BCUT2D eigenvalue weighted by molar-refractivity contribution is 7.84. The average molecular weight is 317 g/mol. The Balaban J connectivity index is 3.07. The lowest BCUT2D eigenvalue weighted by Crippen LogP contribution is -2.33. The molecule has 2 atom stereocenters. The molecule has 0 spiro atoms. The van der Waals surface area contributed by atoms with Gasteiger partial charge in [-0.15, -0.1) is 0 Å². The number of halogens is 1. The van der Waals surface area contributed by atoms with Crippen LogP contribution in [0.25, 0.3) is 0 Å². The monoisotopic (exact) mass is 317 g/mol. The Kier molecular flexibility index (Phi) is 5.77. The number of anilines is 1. The quantitative estimate of drug-likeness (QED) is 0.608. The van der Waals surface area contributed by atoms with E-state index in [9.17, 15) is 23.5 Å². The third-order valence-corrected chi connectivity index (χ3v) is 4.21. The van der Waals surface area contributed by atoms with Crippen LogP contribution in [0.2, 0.25) is 0 Å². The molecular weight excluding hydrogens is 301 g/mol. The Bertz CT molecular complexity index is 594. The predicted molar refractivity (Wildman–Crippen MR) is 78.5 cm³/mol. The van der Waals surface area contributed by atoms with Gasteiger partial charge in [-0.1, -0.05) is 0 Å². The summed E-state index contributed by atoms with van der Waals surface area (Å²) < 4.78 is 24.7. The summed E-state index contributed by atoms with van der Waals surface area (Å²) in [5, 5.41) is 15.6. The maximum Gasteiger partial charge on any atom is 0.285 e. The van der Waals surface area contributed by atoms with E-state index in [4.69, 9.17) is 0 Å². The van der Waals surface area contributed by atoms with Crippen molar-refractivity contribution in [1.29, 1.82) is 0 Å². The Labute approximate surface area is 123 Å². The number of nitrogens with zero attached hydrogens (tertiary/aromatic N) is 1. The maximum absolute atomic E-state index is 13.5. The topological polar surface area (TPSA) is 101 Å². The number of rotatable bonds is 6. The normalized spacial score (nSPS) is 13.3. The summed E-state index contributed by atoms with van der Waals surface area (Å²) in [6.07, 6.45) is 1.50. The summed E-state index contributed by atoms with van der Waals surface area (Å²) in [5.41, 5.74) is -0.882. The van der Waals surface area contributed by atoms with Crippen molar-refractivity contribution in [3.8, 4) is 0 Å². The highest BCUT2D eigenvalue weighted by Gasteiger charge is 2.23. The maximum atomic E-state index is 13.5. The number of nitro groups is 1. The van der Waals surface area contributed by atoms with Crippen molar-refractivity contribution < 1.29 is 18.3 Å². The number of amides is 1. The molecule has 0 bridgehead atoms. The van der Waals surface area contributed by atoms with E-state index in [0.717, 1.165) is 6.07 Å². The standard InChI is InChI=1S/C12H16FN3O4S/c1-7(21(3)20)6-15-12(17)8-4-10(14-2)9(13)5-11(8)16(18)19/h4-5,7,14H,6H2,1-3H3,(H,15,17). The van der Waals surface area contributed by atoms with Gasteiger partial charge in [-0.2, -0.15) is 0 Å². The molecule has 1 aromatic rings. The van der Waals surface area contributed by atoms with Crippen LogP contribution in [0.15, 0.2) is 12.1 Å². The first kappa shape index (κ1) is 17.0. The number of hydrogen-bond acceptors (Lipinski definition) is 5. The molecular formula is C12H16FN3O4S. The lowest BCUT2D eigenvalue weighted by molar-refractivity contribution is -0.385. The van der Waals surface area contributed by atoms with Gasteiger partial charge in [0.2, 0.25) is 0 Å². The van der Waals surface area contributed by atoms with E-state index in [1.807, 2.05) is 0 Å². The molecule has 0 fully saturated rings. The van der Waals surface area contributed by atoms with Crippen LogP contribution >= 0.6 is 0 Å². The molecule has 1 rings (SSSR count). The van der Waals surface area contributed by atoms with Crippen molar-refractivity contribution in [2.75, 3.05) is 25.2 Å². The van der Waals surface area contributed by atoms with Crippen molar-refractivity contribution in [2.24, 2.45) is 0 Å². The highest BCUT2D eigenvalue weighted by atomic mass is 32.2. The van der Waals surface area contributed by atoms with Gasteiger partial charge >= 0.3 is 0 Å². The van der Waals surface area contributed by atoms with Gasteiger partial charge in [0.15, 0.2) is 5.82 Å². The lowest BCUT2D eigenvalue weighted by atomic mass is 10.1. The number of nitrogens with one attached hydrogen (secondary N) is 2. The average Bonchev–Trinajstić information content (AvgIpc) is 2.43. The SMILES string of the molecule is CNc1cc(C(=O)NCC(C)S(C)=O)c([N+](=O)[O-])cc1F. The fourth-order valence-corrected chi connectivity index (χ4v) is 1.85. The molecule has 1 aromatic carbocycles. The summed E-state index contributed by atoms with van der Waals surface area (Å²) in [7, 11) is 0.311. The van der Waals surface area contributed by atoms with E-state index in [1.165, 1.54) is 13.3 Å². The third kappa shape index (κ3) is 4.22. The van der Waals surface area contributed by atoms with Gasteiger partial charge in [-0.3, -0.25) is 19.1 Å². The molecule has 21 heavy (non-hydrogen) atoms. The molecule has 7 nitrogen and oxygen atoms in total. The van der Waals surface area contributed by atoms with Crippen LogP contribution in [0, 0.1) is 15.9 Å². The molecule has 116 valence electrons. The highest BCUT2D eigenvalue weighted by Crippen LogP contribution is 2.25. The van der Waals surface area contributed by atoms with Crippen molar-refractivity contribution in [1.82, 2.24) is 5.32 Å². The molecule has 2 unspecified atom stereocenters. The smallest absolute Gasteiger partial charge is 0.285 e. The zero-order valence-corrected chi connectivity index (χ0v) is 12.6. The minimum absolute atomic E-state index is 0.0159. The van der Waals surface area contributed by atoms with Gasteiger partial charge in [-0.05, 0) is 13.0 Å². The molecule has 0 aliphatic rings. The lowest BCUT2D eigenvalue weighted by Gasteiger charge is -2.11. The Morgan fingerprint density at radius 2 is 2.14 bits per heavy atom. The zero-order valence-electron chi connectivity index (χ0n) is 11.8. The van der Waals surface area contributed by atoms with Crippen LogP contribution < -0.4 is 10.6 Å². The van der Waals surface area contributed by atoms with Crippen molar-refractivity contribution in [2.45, 2.75) is 12.2 Å². The summed E-state index contributed by atoms with van der Waals surface area (Å²) in [6, 6.07) is 1.78. The Hall–Kier alpha value is -2.03. The summed E-state index contributed by atoms with van der Waals surface area (Å²) >= 11 is 0. The van der Waals surface area contributed by atoms with Crippen LogP contribution in [-0.4, -0.2) is 40.1 Å². The van der Waals surface area contributed by atoms with E-state index in [1.54, 1.807) is 6.92 Å². The van der Waals surface area contributed by atoms with Gasteiger partial charge in [0, 0.05) is 35.9 Å². The van der Waals surface area contributed by atoms with E-state index in [2.05, 4.69) is 10.6 Å². The molecule has 0 radical (unpaired) electrons. The molecule has 0 aromatic heterocycles. The fraction of sp³-hybridized carbons (Fsp3) is 0.417. The molecule has 0 saturated heterocycles. The molecule has 2 N–H and O–H groups in total. The Morgan fingerprint density at radius 1 is 1.52 bits per heavy atom. The van der Waals surface area contributed by atoms with Gasteiger partial charge in [-0.25, -0.2) is 4.39 Å². The molecule has 0 saturated carbocycles. The first-order valence-corrected chi connectivity index (χ1v) is 7.66. The Morgan fingerprint density at radius 3 is 2.62 bits per heavy atom. The molecule has 9 heteroatoms. The minimum atomic E-state index is -1.13. The van der Waals surface area contributed by atoms with Crippen molar-refractivity contribution >= 4 is 28.1 Å². The largest absolute Gasteiger partial charge is 0.386 e. The van der Waals surface area contributed by atoms with Crippen molar-refractivity contribution in [3.05, 3.63) is 33.6 Å². The molecule has 0 aliphatic carbocycles. The van der Waals surface area contributed by atoms with Gasteiger partial charge < -0.3 is 10.6 Å². The first-order valence-electron chi connectivity index (χ1n) is 6.04. The van der Waals surface area contributed by atoms with Crippen LogP contribution in [0.1, 0.15) is 17.3 Å². The second kappa shape index (κ2) is 7.11. The van der Waals surface area contributed by atoms with E-state index in [-0.39, 0.29) is 23.0 Å². The number of nitro benzene ring substituents is 1. The van der Waals surface area contributed by atoms with Crippen molar-refractivity contribution in [3.63, 3.8) is 0 Å². The van der Waals surface area contributed by atoms with Gasteiger partial charge in [0.05, 0.1) is 16.7 Å². The van der Waals surface area contributed by atoms with E-state index >= 15 is 0 Å². The second-order valence-electron chi connectivity index (χ2n) is 4.38. The number of carbonyl (C=O) groups is 1. The third-order valence-electron chi connectivity index (χ3n) is 2.91. The summed E-state index contributed by atoms with van der Waals surface area (Å²) in [5.74, 6) is -1.53. The predicted octanol–water partition coefficient (Wildman–Crippen LogP) is 1.27. The van der Waals surface area contributed by atoms with Crippen LogP contribution in [0.3, 0.4) is 0 Å². The van der Waals surface area contributed by atoms with Gasteiger partial charge in [0.1, 0.15) is 5.56 Å². The molecule has 0 heterocycles. The van der Waals surface area contributed by atoms with Crippen LogP contribution in [0.4, 0.5) is 15.8 Å². The van der Waals surface area contributed by atoms with E-state index in [0.29, 0.717) is 6.07 Å². The van der Waals surface area contributed by atoms with E-state index < -0.39 is 33.1 Å². The fourth-order valence-electron chi connectivity index (χ4n) is 1.54.